The van der Waals surface area contributed by atoms with E-state index in [1.165, 1.54) is 0 Å². The van der Waals surface area contributed by atoms with Crippen molar-refractivity contribution in [3.63, 3.8) is 0 Å². The van der Waals surface area contributed by atoms with Crippen molar-refractivity contribution < 1.29 is 0 Å². The lowest BCUT2D eigenvalue weighted by molar-refractivity contribution is 0.687. The molecule has 0 fully saturated rings. The van der Waals surface area contributed by atoms with Gasteiger partial charge in [0.1, 0.15) is 0 Å². The van der Waals surface area contributed by atoms with Crippen molar-refractivity contribution in [2.75, 3.05) is 5.73 Å². The average Bonchev–Trinajstić information content (AvgIpc) is 2.64. The summed E-state index contributed by atoms with van der Waals surface area (Å²) in [6, 6.07) is 9.55. The fourth-order valence-electron chi connectivity index (χ4n) is 1.39. The average molecular weight is 271 g/mol. The molecule has 0 atom stereocenters. The van der Waals surface area contributed by atoms with Gasteiger partial charge in [0, 0.05) is 6.20 Å². The summed E-state index contributed by atoms with van der Waals surface area (Å²) >= 11 is 0. The molecule has 17 heavy (non-hydrogen) atoms. The molecule has 0 aliphatic heterocycles. The van der Waals surface area contributed by atoms with Crippen molar-refractivity contribution in [1.29, 1.82) is 5.26 Å². The molecular weight excluding hydrogens is 259 g/mol. The molecule has 6 heteroatoms. The summed E-state index contributed by atoms with van der Waals surface area (Å²) in [5.41, 5.74) is 7.90. The van der Waals surface area contributed by atoms with Gasteiger partial charge in [0.15, 0.2) is 0 Å². The molecule has 0 amide bonds. The van der Waals surface area contributed by atoms with Gasteiger partial charge in [-0.15, -0.1) is 24.8 Å². The molecule has 90 valence electrons. The van der Waals surface area contributed by atoms with Gasteiger partial charge in [-0.05, 0) is 17.7 Å². The molecule has 2 N–H and O–H groups in total. The van der Waals surface area contributed by atoms with Gasteiger partial charge in [-0.2, -0.15) is 10.4 Å². The van der Waals surface area contributed by atoms with Crippen molar-refractivity contribution in [2.24, 2.45) is 0 Å². The second kappa shape index (κ2) is 6.79. The van der Waals surface area contributed by atoms with Gasteiger partial charge in [-0.3, -0.25) is 4.68 Å². The summed E-state index contributed by atoms with van der Waals surface area (Å²) < 4.78 is 1.74. The van der Waals surface area contributed by atoms with Gasteiger partial charge in [0.2, 0.25) is 0 Å². The van der Waals surface area contributed by atoms with Gasteiger partial charge in [0.25, 0.3) is 0 Å². The summed E-state index contributed by atoms with van der Waals surface area (Å²) in [5, 5.41) is 12.8. The minimum absolute atomic E-state index is 0. The Morgan fingerprint density at radius 1 is 1.35 bits per heavy atom. The third kappa shape index (κ3) is 3.99. The first-order valence-electron chi connectivity index (χ1n) is 4.55. The Hall–Kier alpha value is -1.70. The number of hydrogen-bond acceptors (Lipinski definition) is 3. The summed E-state index contributed by atoms with van der Waals surface area (Å²) in [5.74, 6) is 0. The van der Waals surface area contributed by atoms with E-state index in [9.17, 15) is 0 Å². The highest BCUT2D eigenvalue weighted by Gasteiger charge is 1.98. The van der Waals surface area contributed by atoms with Crippen molar-refractivity contribution in [2.45, 2.75) is 6.54 Å². The van der Waals surface area contributed by atoms with Gasteiger partial charge < -0.3 is 5.73 Å². The van der Waals surface area contributed by atoms with Crippen LogP contribution in [0.4, 0.5) is 5.69 Å². The molecule has 0 unspecified atom stereocenters. The summed E-state index contributed by atoms with van der Waals surface area (Å²) in [7, 11) is 0. The third-order valence-electron chi connectivity index (χ3n) is 2.05. The van der Waals surface area contributed by atoms with E-state index in [0.29, 0.717) is 17.8 Å². The summed E-state index contributed by atoms with van der Waals surface area (Å²) in [6.45, 7) is 0.632. The Morgan fingerprint density at radius 3 is 2.71 bits per heavy atom. The normalized spacial score (nSPS) is 8.65. The van der Waals surface area contributed by atoms with E-state index in [4.69, 9.17) is 11.0 Å². The first-order chi connectivity index (χ1) is 7.28. The van der Waals surface area contributed by atoms with Gasteiger partial charge in [-0.1, -0.05) is 12.1 Å². The Labute approximate surface area is 112 Å². The molecule has 0 spiro atoms. The molecule has 0 aliphatic rings. The van der Waals surface area contributed by atoms with E-state index in [1.807, 2.05) is 18.2 Å². The topological polar surface area (TPSA) is 67.6 Å². The van der Waals surface area contributed by atoms with Crippen LogP contribution < -0.4 is 5.73 Å². The number of nitrogen functional groups attached to an aromatic ring is 1. The number of benzene rings is 1. The molecule has 0 bridgehead atoms. The van der Waals surface area contributed by atoms with Crippen molar-refractivity contribution in [3.8, 4) is 6.07 Å². The van der Waals surface area contributed by atoms with Crippen LogP contribution in [0.3, 0.4) is 0 Å². The van der Waals surface area contributed by atoms with E-state index in [-0.39, 0.29) is 24.8 Å². The van der Waals surface area contributed by atoms with E-state index >= 15 is 0 Å². The maximum atomic E-state index is 8.74. The number of hydrogen-bond donors (Lipinski definition) is 1. The van der Waals surface area contributed by atoms with Gasteiger partial charge in [0.05, 0.1) is 30.1 Å². The van der Waals surface area contributed by atoms with Crippen LogP contribution in [0, 0.1) is 11.3 Å². The zero-order valence-electron chi connectivity index (χ0n) is 8.91. The van der Waals surface area contributed by atoms with E-state index < -0.39 is 0 Å². The number of nitrogens with two attached hydrogens (primary N) is 1. The minimum Gasteiger partial charge on any atom is -0.396 e. The van der Waals surface area contributed by atoms with Crippen LogP contribution in [0.1, 0.15) is 11.1 Å². The summed E-state index contributed by atoms with van der Waals surface area (Å²) in [6.07, 6.45) is 3.37. The third-order valence-corrected chi connectivity index (χ3v) is 2.05. The Kier molecular flexibility index (Phi) is 6.11. The predicted octanol–water partition coefficient (Wildman–Crippen LogP) is 2.23. The second-order valence-electron chi connectivity index (χ2n) is 3.28. The predicted molar refractivity (Wildman–Crippen MR) is 71.4 cm³/mol. The smallest absolute Gasteiger partial charge is 0.0991 e. The van der Waals surface area contributed by atoms with Crippen LogP contribution in [0.5, 0.6) is 0 Å². The van der Waals surface area contributed by atoms with Crippen LogP contribution in [0.15, 0.2) is 36.7 Å². The lowest BCUT2D eigenvalue weighted by Gasteiger charge is -2.01. The molecule has 0 saturated carbocycles. The van der Waals surface area contributed by atoms with Crippen LogP contribution in [0.2, 0.25) is 0 Å². The Morgan fingerprint density at radius 2 is 2.12 bits per heavy atom. The number of anilines is 1. The van der Waals surface area contributed by atoms with E-state index in [0.717, 1.165) is 5.56 Å². The Balaban J connectivity index is 0.00000128. The van der Waals surface area contributed by atoms with E-state index in [1.54, 1.807) is 23.1 Å². The molecule has 0 saturated heterocycles. The Bertz CT molecular complexity index is 516. The quantitative estimate of drug-likeness (QED) is 0.910. The van der Waals surface area contributed by atoms with Crippen molar-refractivity contribution in [3.05, 3.63) is 47.8 Å². The number of nitriles is 1. The molecule has 0 radical (unpaired) electrons. The highest BCUT2D eigenvalue weighted by Crippen LogP contribution is 2.07. The standard InChI is InChI=1S/C11H10N4.2ClH/c12-5-9-2-1-3-10(4-9)7-15-8-11(13)6-14-15;;/h1-4,6,8H,7,13H2;2*1H. The SMILES string of the molecule is Cl.Cl.N#Cc1cccc(Cn2cc(N)cn2)c1. The number of halogens is 2. The number of nitrogens with zero attached hydrogens (tertiary/aromatic N) is 3. The number of aromatic nitrogens is 2. The monoisotopic (exact) mass is 270 g/mol. The van der Waals surface area contributed by atoms with Crippen LogP contribution in [0.25, 0.3) is 0 Å². The highest BCUT2D eigenvalue weighted by molar-refractivity contribution is 5.85. The van der Waals surface area contributed by atoms with Crippen molar-refractivity contribution in [1.82, 2.24) is 9.78 Å². The van der Waals surface area contributed by atoms with Crippen LogP contribution >= 0.6 is 24.8 Å². The fourth-order valence-corrected chi connectivity index (χ4v) is 1.39. The molecular formula is C11H12Cl2N4. The second-order valence-corrected chi connectivity index (χ2v) is 3.28. The zero-order chi connectivity index (χ0) is 10.7. The lowest BCUT2D eigenvalue weighted by Crippen LogP contribution is -1.99. The van der Waals surface area contributed by atoms with Crippen LogP contribution in [-0.2, 0) is 6.54 Å². The van der Waals surface area contributed by atoms with Crippen LogP contribution in [-0.4, -0.2) is 9.78 Å². The minimum atomic E-state index is 0. The number of rotatable bonds is 2. The molecule has 1 heterocycles. The maximum Gasteiger partial charge on any atom is 0.0991 e. The molecule has 2 rings (SSSR count). The van der Waals surface area contributed by atoms with Crippen molar-refractivity contribution >= 4 is 30.5 Å². The summed E-state index contributed by atoms with van der Waals surface area (Å²) in [4.78, 5) is 0. The first kappa shape index (κ1) is 15.3. The largest absolute Gasteiger partial charge is 0.396 e. The van der Waals surface area contributed by atoms with E-state index in [2.05, 4.69) is 11.2 Å². The molecule has 4 nitrogen and oxygen atoms in total. The molecule has 0 aliphatic carbocycles. The zero-order valence-corrected chi connectivity index (χ0v) is 10.5. The van der Waals surface area contributed by atoms with Gasteiger partial charge >= 0.3 is 0 Å². The molecule has 2 aromatic rings. The molecule has 1 aromatic carbocycles. The maximum absolute atomic E-state index is 8.74. The highest BCUT2D eigenvalue weighted by atomic mass is 35.5. The lowest BCUT2D eigenvalue weighted by atomic mass is 10.1. The molecule has 1 aromatic heterocycles. The van der Waals surface area contributed by atoms with Gasteiger partial charge in [-0.25, -0.2) is 0 Å². The fraction of sp³-hybridized carbons (Fsp3) is 0.0909. The first-order valence-corrected chi connectivity index (χ1v) is 4.55.